The summed E-state index contributed by atoms with van der Waals surface area (Å²) in [4.78, 5) is 4.28. The number of rotatable bonds is 0. The third-order valence-corrected chi connectivity index (χ3v) is 2.66. The number of aryl methyl sites for hydroxylation is 1. The van der Waals surface area contributed by atoms with Crippen molar-refractivity contribution in [1.82, 2.24) is 9.71 Å². The van der Waals surface area contributed by atoms with Crippen molar-refractivity contribution in [2.45, 2.75) is 6.92 Å². The fourth-order valence-electron chi connectivity index (χ4n) is 1.87. The van der Waals surface area contributed by atoms with Crippen molar-refractivity contribution < 1.29 is 5.21 Å². The van der Waals surface area contributed by atoms with E-state index in [1.807, 2.05) is 36.4 Å². The van der Waals surface area contributed by atoms with Crippen molar-refractivity contribution in [3.8, 4) is 0 Å². The number of nitrogens with zero attached hydrogens (tertiary/aromatic N) is 2. The molecule has 0 saturated carbocycles. The minimum atomic E-state index is 0.611. The maximum Gasteiger partial charge on any atom is 0.142 e. The Bertz CT molecular complexity index is 655. The van der Waals surface area contributed by atoms with Crippen molar-refractivity contribution in [1.29, 1.82) is 0 Å². The number of hydrogen-bond acceptors (Lipinski definition) is 2. The first-order chi connectivity index (χ1) is 7.25. The van der Waals surface area contributed by atoms with Crippen LogP contribution in [0.5, 0.6) is 0 Å². The van der Waals surface area contributed by atoms with E-state index in [9.17, 15) is 5.21 Å². The Kier molecular flexibility index (Phi) is 1.51. The van der Waals surface area contributed by atoms with E-state index >= 15 is 0 Å². The summed E-state index contributed by atoms with van der Waals surface area (Å²) in [7, 11) is 0. The average molecular weight is 198 g/mol. The molecule has 0 spiro atoms. The summed E-state index contributed by atoms with van der Waals surface area (Å²) in [5.74, 6) is 0.611. The second kappa shape index (κ2) is 2.73. The van der Waals surface area contributed by atoms with E-state index in [1.54, 1.807) is 6.92 Å². The lowest BCUT2D eigenvalue weighted by Gasteiger charge is -1.98. The van der Waals surface area contributed by atoms with Gasteiger partial charge in [-0.1, -0.05) is 24.3 Å². The molecule has 3 aromatic rings. The summed E-state index contributed by atoms with van der Waals surface area (Å²) in [5, 5.41) is 12.0. The molecule has 0 fully saturated rings. The highest BCUT2D eigenvalue weighted by Crippen LogP contribution is 2.22. The van der Waals surface area contributed by atoms with Gasteiger partial charge < -0.3 is 5.21 Å². The van der Waals surface area contributed by atoms with Gasteiger partial charge in [0.1, 0.15) is 11.3 Å². The van der Waals surface area contributed by atoms with Gasteiger partial charge in [-0.3, -0.25) is 0 Å². The van der Waals surface area contributed by atoms with Crippen molar-refractivity contribution in [3.05, 3.63) is 42.2 Å². The van der Waals surface area contributed by atoms with Gasteiger partial charge in [0, 0.05) is 0 Å². The zero-order valence-corrected chi connectivity index (χ0v) is 8.31. The van der Waals surface area contributed by atoms with Crippen LogP contribution in [-0.2, 0) is 0 Å². The molecule has 3 nitrogen and oxygen atoms in total. The SMILES string of the molecule is Cc1nc2cc3ccccc3cc2n1O. The van der Waals surface area contributed by atoms with Gasteiger partial charge in [0.25, 0.3) is 0 Å². The van der Waals surface area contributed by atoms with Gasteiger partial charge in [-0.25, -0.2) is 4.98 Å². The lowest BCUT2D eigenvalue weighted by Crippen LogP contribution is -1.91. The Morgan fingerprint density at radius 2 is 1.80 bits per heavy atom. The summed E-state index contributed by atoms with van der Waals surface area (Å²) in [6, 6.07) is 12.0. The molecule has 0 unspecified atom stereocenters. The average Bonchev–Trinajstić information content (AvgIpc) is 2.52. The smallest absolute Gasteiger partial charge is 0.142 e. The van der Waals surface area contributed by atoms with E-state index in [0.717, 1.165) is 26.5 Å². The molecular formula is C12H10N2O. The molecule has 0 saturated heterocycles. The quantitative estimate of drug-likeness (QED) is 0.564. The van der Waals surface area contributed by atoms with Crippen molar-refractivity contribution in [2.24, 2.45) is 0 Å². The summed E-state index contributed by atoms with van der Waals surface area (Å²) >= 11 is 0. The summed E-state index contributed by atoms with van der Waals surface area (Å²) in [6.07, 6.45) is 0. The van der Waals surface area contributed by atoms with Crippen LogP contribution in [0.3, 0.4) is 0 Å². The number of fused-ring (bicyclic) bond motifs is 2. The molecule has 0 aliphatic rings. The molecule has 0 aliphatic heterocycles. The highest BCUT2D eigenvalue weighted by Gasteiger charge is 2.06. The van der Waals surface area contributed by atoms with E-state index in [-0.39, 0.29) is 0 Å². The molecule has 0 amide bonds. The minimum Gasteiger partial charge on any atom is -0.427 e. The molecular weight excluding hydrogens is 188 g/mol. The molecule has 3 heteroatoms. The summed E-state index contributed by atoms with van der Waals surface area (Å²) in [5.41, 5.74) is 1.58. The van der Waals surface area contributed by atoms with Crippen LogP contribution in [0.15, 0.2) is 36.4 Å². The molecule has 0 bridgehead atoms. The summed E-state index contributed by atoms with van der Waals surface area (Å²) < 4.78 is 1.13. The molecule has 0 atom stereocenters. The fraction of sp³-hybridized carbons (Fsp3) is 0.0833. The van der Waals surface area contributed by atoms with Crippen LogP contribution >= 0.6 is 0 Å². The van der Waals surface area contributed by atoms with Gasteiger partial charge in [-0.2, -0.15) is 4.73 Å². The Labute approximate surface area is 86.5 Å². The topological polar surface area (TPSA) is 38.0 Å². The zero-order valence-electron chi connectivity index (χ0n) is 8.31. The van der Waals surface area contributed by atoms with Gasteiger partial charge >= 0.3 is 0 Å². The van der Waals surface area contributed by atoms with Crippen molar-refractivity contribution in [2.75, 3.05) is 0 Å². The first-order valence-electron chi connectivity index (χ1n) is 4.83. The van der Waals surface area contributed by atoms with Gasteiger partial charge in [0.05, 0.1) is 5.52 Å². The van der Waals surface area contributed by atoms with Gasteiger partial charge in [-0.05, 0) is 29.8 Å². The first-order valence-corrected chi connectivity index (χ1v) is 4.83. The van der Waals surface area contributed by atoms with Gasteiger partial charge in [0.15, 0.2) is 0 Å². The van der Waals surface area contributed by atoms with E-state index in [2.05, 4.69) is 4.98 Å². The zero-order chi connectivity index (χ0) is 10.4. The van der Waals surface area contributed by atoms with Crippen LogP contribution in [0.25, 0.3) is 21.8 Å². The minimum absolute atomic E-state index is 0.611. The van der Waals surface area contributed by atoms with Crippen LogP contribution in [0, 0.1) is 6.92 Å². The monoisotopic (exact) mass is 198 g/mol. The molecule has 1 heterocycles. The molecule has 74 valence electrons. The fourth-order valence-corrected chi connectivity index (χ4v) is 1.87. The third-order valence-electron chi connectivity index (χ3n) is 2.66. The first kappa shape index (κ1) is 8.29. The van der Waals surface area contributed by atoms with Crippen molar-refractivity contribution >= 4 is 21.8 Å². The predicted octanol–water partition coefficient (Wildman–Crippen LogP) is 2.74. The number of imidazole rings is 1. The van der Waals surface area contributed by atoms with E-state index in [0.29, 0.717) is 5.82 Å². The van der Waals surface area contributed by atoms with Crippen LogP contribution in [0.4, 0.5) is 0 Å². The Balaban J connectivity index is 2.53. The van der Waals surface area contributed by atoms with Crippen LogP contribution in [-0.4, -0.2) is 14.9 Å². The molecule has 1 aromatic heterocycles. The normalized spacial score (nSPS) is 11.3. The standard InChI is InChI=1S/C12H10N2O/c1-8-13-11-6-9-4-2-3-5-10(9)7-12(11)14(8)15/h2-7,15H,1H3. The molecule has 2 aromatic carbocycles. The van der Waals surface area contributed by atoms with Crippen LogP contribution < -0.4 is 0 Å². The molecule has 15 heavy (non-hydrogen) atoms. The van der Waals surface area contributed by atoms with Crippen molar-refractivity contribution in [3.63, 3.8) is 0 Å². The molecule has 1 N–H and O–H groups in total. The summed E-state index contributed by atoms with van der Waals surface area (Å²) in [6.45, 7) is 1.78. The largest absolute Gasteiger partial charge is 0.427 e. The van der Waals surface area contributed by atoms with Gasteiger partial charge in [0.2, 0.25) is 0 Å². The molecule has 0 aliphatic carbocycles. The van der Waals surface area contributed by atoms with E-state index in [4.69, 9.17) is 0 Å². The second-order valence-electron chi connectivity index (χ2n) is 3.66. The molecule has 0 radical (unpaired) electrons. The van der Waals surface area contributed by atoms with E-state index in [1.165, 1.54) is 0 Å². The molecule has 3 rings (SSSR count). The maximum atomic E-state index is 9.71. The number of aromatic nitrogens is 2. The Hall–Kier alpha value is -2.03. The highest BCUT2D eigenvalue weighted by molar-refractivity contribution is 5.95. The van der Waals surface area contributed by atoms with Crippen LogP contribution in [0.1, 0.15) is 5.82 Å². The lowest BCUT2D eigenvalue weighted by molar-refractivity contribution is 0.191. The predicted molar refractivity (Wildman–Crippen MR) is 59.2 cm³/mol. The number of hydrogen-bond donors (Lipinski definition) is 1. The Morgan fingerprint density at radius 1 is 1.13 bits per heavy atom. The van der Waals surface area contributed by atoms with E-state index < -0.39 is 0 Å². The lowest BCUT2D eigenvalue weighted by atomic mass is 10.1. The number of benzene rings is 2. The second-order valence-corrected chi connectivity index (χ2v) is 3.66. The maximum absolute atomic E-state index is 9.71. The van der Waals surface area contributed by atoms with Gasteiger partial charge in [-0.15, -0.1) is 0 Å². The van der Waals surface area contributed by atoms with Crippen LogP contribution in [0.2, 0.25) is 0 Å². The Morgan fingerprint density at radius 3 is 2.53 bits per heavy atom. The highest BCUT2D eigenvalue weighted by atomic mass is 16.5. The third kappa shape index (κ3) is 1.09.